The Morgan fingerprint density at radius 1 is 1.08 bits per heavy atom. The molecule has 6 nitrogen and oxygen atoms in total. The van der Waals surface area contributed by atoms with Crippen molar-refractivity contribution >= 4 is 22.8 Å². The first-order valence-electron chi connectivity index (χ1n) is 8.30. The summed E-state index contributed by atoms with van der Waals surface area (Å²) in [6.07, 6.45) is 1.72. The second-order valence-corrected chi connectivity index (χ2v) is 6.11. The van der Waals surface area contributed by atoms with Crippen LogP contribution in [0.25, 0.3) is 11.0 Å². The predicted molar refractivity (Wildman–Crippen MR) is 100.0 cm³/mol. The van der Waals surface area contributed by atoms with Gasteiger partial charge in [-0.1, -0.05) is 41.6 Å². The molecule has 0 atom stereocenters. The number of pyridine rings is 1. The summed E-state index contributed by atoms with van der Waals surface area (Å²) in [4.78, 5) is 16.6. The van der Waals surface area contributed by atoms with Gasteiger partial charge >= 0.3 is 0 Å². The van der Waals surface area contributed by atoms with E-state index in [4.69, 9.17) is 0 Å². The summed E-state index contributed by atoms with van der Waals surface area (Å²) in [6.45, 7) is 2.58. The van der Waals surface area contributed by atoms with E-state index < -0.39 is 0 Å². The van der Waals surface area contributed by atoms with Gasteiger partial charge in [-0.2, -0.15) is 0 Å². The number of amides is 1. The Labute approximate surface area is 150 Å². The zero-order valence-corrected chi connectivity index (χ0v) is 14.3. The largest absolute Gasteiger partial charge is 0.307 e. The molecule has 0 fully saturated rings. The molecule has 1 amide bonds. The fourth-order valence-corrected chi connectivity index (χ4v) is 2.72. The van der Waals surface area contributed by atoms with E-state index in [1.54, 1.807) is 24.4 Å². The number of carbonyl (C=O) groups excluding carboxylic acids is 1. The molecule has 4 aromatic rings. The quantitative estimate of drug-likeness (QED) is 0.616. The molecule has 2 aromatic carbocycles. The maximum atomic E-state index is 12.4. The highest BCUT2D eigenvalue weighted by molar-refractivity contribution is 6.05. The van der Waals surface area contributed by atoms with Gasteiger partial charge in [-0.05, 0) is 42.3 Å². The Morgan fingerprint density at radius 3 is 2.69 bits per heavy atom. The van der Waals surface area contributed by atoms with Crippen LogP contribution in [0.3, 0.4) is 0 Å². The third-order valence-electron chi connectivity index (χ3n) is 4.10. The van der Waals surface area contributed by atoms with E-state index >= 15 is 0 Å². The second kappa shape index (κ2) is 6.76. The molecule has 0 spiro atoms. The van der Waals surface area contributed by atoms with Crippen molar-refractivity contribution in [3.05, 3.63) is 83.6 Å². The first kappa shape index (κ1) is 16.0. The van der Waals surface area contributed by atoms with Crippen LogP contribution in [0.1, 0.15) is 21.5 Å². The van der Waals surface area contributed by atoms with Gasteiger partial charge in [0.2, 0.25) is 0 Å². The minimum atomic E-state index is -0.221. The zero-order chi connectivity index (χ0) is 17.9. The Morgan fingerprint density at radius 2 is 1.92 bits per heavy atom. The van der Waals surface area contributed by atoms with Gasteiger partial charge in [0.05, 0.1) is 12.1 Å². The molecule has 4 rings (SSSR count). The molecule has 0 unspecified atom stereocenters. The van der Waals surface area contributed by atoms with Gasteiger partial charge < -0.3 is 5.32 Å². The number of carbonyl (C=O) groups is 1. The van der Waals surface area contributed by atoms with Gasteiger partial charge in [-0.25, -0.2) is 9.67 Å². The van der Waals surface area contributed by atoms with E-state index in [2.05, 4.69) is 20.6 Å². The summed E-state index contributed by atoms with van der Waals surface area (Å²) in [5, 5.41) is 11.2. The lowest BCUT2D eigenvalue weighted by atomic mass is 10.1. The maximum absolute atomic E-state index is 12.4. The van der Waals surface area contributed by atoms with Crippen molar-refractivity contribution in [2.75, 3.05) is 5.32 Å². The molecule has 2 heterocycles. The Balaban J connectivity index is 1.56. The number of benzene rings is 2. The molecule has 0 saturated carbocycles. The molecule has 0 saturated heterocycles. The smallest absolute Gasteiger partial charge is 0.256 e. The monoisotopic (exact) mass is 343 g/mol. The Hall–Kier alpha value is -3.54. The van der Waals surface area contributed by atoms with Gasteiger partial charge in [-0.3, -0.25) is 4.79 Å². The summed E-state index contributed by atoms with van der Waals surface area (Å²) in [6, 6.07) is 19.1. The predicted octanol–water partition coefficient (Wildman–Crippen LogP) is 3.44. The third-order valence-corrected chi connectivity index (χ3v) is 4.10. The highest BCUT2D eigenvalue weighted by Crippen LogP contribution is 2.16. The van der Waals surface area contributed by atoms with Gasteiger partial charge in [0, 0.05) is 11.8 Å². The number of fused-ring (bicyclic) bond motifs is 1. The molecular formula is C20H17N5O. The highest BCUT2D eigenvalue weighted by Gasteiger charge is 2.11. The average molecular weight is 343 g/mol. The van der Waals surface area contributed by atoms with Crippen LogP contribution in [0.2, 0.25) is 0 Å². The molecule has 6 heteroatoms. The number of nitrogens with one attached hydrogen (secondary N) is 1. The molecular weight excluding hydrogens is 326 g/mol. The van der Waals surface area contributed by atoms with Crippen molar-refractivity contribution in [2.24, 2.45) is 0 Å². The Bertz CT molecular complexity index is 1050. The first-order valence-corrected chi connectivity index (χ1v) is 8.30. The molecule has 0 aliphatic carbocycles. The van der Waals surface area contributed by atoms with Gasteiger partial charge in [0.25, 0.3) is 5.91 Å². The van der Waals surface area contributed by atoms with Crippen LogP contribution in [0.15, 0.2) is 66.9 Å². The van der Waals surface area contributed by atoms with E-state index in [1.807, 2.05) is 54.1 Å². The van der Waals surface area contributed by atoms with E-state index in [0.29, 0.717) is 23.4 Å². The molecule has 1 N–H and O–H groups in total. The zero-order valence-electron chi connectivity index (χ0n) is 14.3. The Kier molecular flexibility index (Phi) is 4.15. The number of nitrogens with zero attached hydrogens (tertiary/aromatic N) is 4. The van der Waals surface area contributed by atoms with E-state index in [0.717, 1.165) is 16.6 Å². The highest BCUT2D eigenvalue weighted by atomic mass is 16.1. The van der Waals surface area contributed by atoms with Crippen molar-refractivity contribution in [1.82, 2.24) is 20.0 Å². The van der Waals surface area contributed by atoms with Crippen molar-refractivity contribution in [3.8, 4) is 0 Å². The van der Waals surface area contributed by atoms with E-state index in [1.165, 1.54) is 0 Å². The summed E-state index contributed by atoms with van der Waals surface area (Å²) >= 11 is 0. The summed E-state index contributed by atoms with van der Waals surface area (Å²) < 4.78 is 1.83. The molecule has 0 radical (unpaired) electrons. The second-order valence-electron chi connectivity index (χ2n) is 6.11. The fourth-order valence-electron chi connectivity index (χ4n) is 2.72. The lowest BCUT2D eigenvalue weighted by molar-refractivity contribution is 0.102. The molecule has 2 aromatic heterocycles. The number of rotatable bonds is 4. The number of hydrogen-bond acceptors (Lipinski definition) is 4. The van der Waals surface area contributed by atoms with Crippen LogP contribution in [-0.4, -0.2) is 25.9 Å². The van der Waals surface area contributed by atoms with Crippen LogP contribution in [0.4, 0.5) is 5.82 Å². The molecule has 0 bridgehead atoms. The van der Waals surface area contributed by atoms with Crippen LogP contribution >= 0.6 is 0 Å². The number of anilines is 1. The van der Waals surface area contributed by atoms with Gasteiger partial charge in [0.1, 0.15) is 11.3 Å². The van der Waals surface area contributed by atoms with Crippen molar-refractivity contribution in [2.45, 2.75) is 13.5 Å². The molecule has 0 aliphatic heterocycles. The maximum Gasteiger partial charge on any atom is 0.256 e. The molecule has 26 heavy (non-hydrogen) atoms. The fraction of sp³-hybridized carbons (Fsp3) is 0.100. The van der Waals surface area contributed by atoms with E-state index in [9.17, 15) is 4.79 Å². The lowest BCUT2D eigenvalue weighted by Gasteiger charge is -2.05. The minimum Gasteiger partial charge on any atom is -0.307 e. The summed E-state index contributed by atoms with van der Waals surface area (Å²) in [5.74, 6) is 0.300. The van der Waals surface area contributed by atoms with Crippen LogP contribution in [0.5, 0.6) is 0 Å². The van der Waals surface area contributed by atoms with Crippen molar-refractivity contribution in [1.29, 1.82) is 0 Å². The van der Waals surface area contributed by atoms with E-state index in [-0.39, 0.29) is 5.91 Å². The number of hydrogen-bond donors (Lipinski definition) is 1. The minimum absolute atomic E-state index is 0.221. The summed E-state index contributed by atoms with van der Waals surface area (Å²) in [5.41, 5.74) is 4.28. The van der Waals surface area contributed by atoms with Gasteiger partial charge in [0.15, 0.2) is 0 Å². The standard InChI is InChI=1S/C20H17N5O/c1-14-7-10-19(21-12-14)22-20(26)16-8-9-18-17(11-16)23-24-25(18)13-15-5-3-2-4-6-15/h2-12H,13H2,1H3,(H,21,22,26). The SMILES string of the molecule is Cc1ccc(NC(=O)c2ccc3c(c2)nnn3Cc2ccccc2)nc1. The third kappa shape index (κ3) is 3.30. The normalized spacial score (nSPS) is 10.8. The number of aromatic nitrogens is 4. The molecule has 0 aliphatic rings. The first-order chi connectivity index (χ1) is 12.7. The average Bonchev–Trinajstić information content (AvgIpc) is 3.06. The van der Waals surface area contributed by atoms with Gasteiger partial charge in [-0.15, -0.1) is 5.10 Å². The van der Waals surface area contributed by atoms with Crippen LogP contribution in [0, 0.1) is 6.92 Å². The van der Waals surface area contributed by atoms with Crippen molar-refractivity contribution in [3.63, 3.8) is 0 Å². The summed E-state index contributed by atoms with van der Waals surface area (Å²) in [7, 11) is 0. The topological polar surface area (TPSA) is 72.7 Å². The molecule has 128 valence electrons. The van der Waals surface area contributed by atoms with Crippen molar-refractivity contribution < 1.29 is 4.79 Å². The number of aryl methyl sites for hydroxylation is 1. The lowest BCUT2D eigenvalue weighted by Crippen LogP contribution is -2.12. The van der Waals surface area contributed by atoms with Crippen LogP contribution < -0.4 is 5.32 Å². The van der Waals surface area contributed by atoms with Crippen LogP contribution in [-0.2, 0) is 6.54 Å².